The summed E-state index contributed by atoms with van der Waals surface area (Å²) in [7, 11) is 0. The van der Waals surface area contributed by atoms with E-state index in [1.165, 1.54) is 10.9 Å². The molecule has 6 heteroatoms. The van der Waals surface area contributed by atoms with E-state index in [0.717, 1.165) is 42.9 Å². The maximum Gasteiger partial charge on any atom is 0.180 e. The van der Waals surface area contributed by atoms with Crippen LogP contribution in [0.1, 0.15) is 24.3 Å². The zero-order valence-electron chi connectivity index (χ0n) is 13.8. The first-order chi connectivity index (χ1) is 12.4. The van der Waals surface area contributed by atoms with Crippen LogP contribution in [0.2, 0.25) is 0 Å². The van der Waals surface area contributed by atoms with Crippen LogP contribution in [0.5, 0.6) is 0 Å². The van der Waals surface area contributed by atoms with E-state index in [0.29, 0.717) is 11.6 Å². The van der Waals surface area contributed by atoms with Gasteiger partial charge in [0.25, 0.3) is 0 Å². The monoisotopic (exact) mass is 330 g/mol. The molecule has 4 aromatic rings. The number of hydrogen-bond acceptors (Lipinski definition) is 5. The summed E-state index contributed by atoms with van der Waals surface area (Å²) in [6.07, 6.45) is 9.58. The number of aromatic amines is 1. The molecule has 0 spiro atoms. The quantitative estimate of drug-likeness (QED) is 0.611. The second kappa shape index (κ2) is 5.81. The molecule has 25 heavy (non-hydrogen) atoms. The molecular weight excluding hydrogens is 312 g/mol. The summed E-state index contributed by atoms with van der Waals surface area (Å²) in [5.41, 5.74) is 3.92. The van der Waals surface area contributed by atoms with Crippen LogP contribution in [0.25, 0.3) is 22.2 Å². The van der Waals surface area contributed by atoms with Crippen LogP contribution in [0.15, 0.2) is 49.1 Å². The summed E-state index contributed by atoms with van der Waals surface area (Å²) in [5, 5.41) is 1.25. The minimum Gasteiger partial charge on any atom is -0.357 e. The normalized spacial score (nSPS) is 15.9. The molecule has 0 aliphatic carbocycles. The average molecular weight is 330 g/mol. The van der Waals surface area contributed by atoms with E-state index in [-0.39, 0.29) is 0 Å². The molecule has 0 bridgehead atoms. The van der Waals surface area contributed by atoms with Crippen molar-refractivity contribution in [1.82, 2.24) is 24.9 Å². The Bertz CT molecular complexity index is 1030. The molecule has 0 radical (unpaired) electrons. The van der Waals surface area contributed by atoms with Crippen molar-refractivity contribution in [3.63, 3.8) is 0 Å². The third kappa shape index (κ3) is 2.50. The SMILES string of the molecule is c1cnc2[nH]cc(C3CCN(c4ccc5nccnc5n4)CC3)c2c1. The van der Waals surface area contributed by atoms with Crippen molar-refractivity contribution in [2.45, 2.75) is 18.8 Å². The largest absolute Gasteiger partial charge is 0.357 e. The van der Waals surface area contributed by atoms with Gasteiger partial charge in [0.05, 0.1) is 0 Å². The molecule has 5 rings (SSSR count). The van der Waals surface area contributed by atoms with Gasteiger partial charge in [0.1, 0.15) is 17.0 Å². The van der Waals surface area contributed by atoms with Gasteiger partial charge in [0.15, 0.2) is 5.65 Å². The summed E-state index contributed by atoms with van der Waals surface area (Å²) in [6.45, 7) is 1.99. The minimum absolute atomic E-state index is 0.564. The number of aromatic nitrogens is 5. The molecule has 0 saturated carbocycles. The molecule has 6 nitrogen and oxygen atoms in total. The van der Waals surface area contributed by atoms with Crippen molar-refractivity contribution in [1.29, 1.82) is 0 Å². The van der Waals surface area contributed by atoms with Gasteiger partial charge in [-0.3, -0.25) is 4.98 Å². The Morgan fingerprint density at radius 3 is 2.76 bits per heavy atom. The van der Waals surface area contributed by atoms with Gasteiger partial charge in [0.2, 0.25) is 0 Å². The maximum atomic E-state index is 4.67. The first-order valence-electron chi connectivity index (χ1n) is 8.63. The lowest BCUT2D eigenvalue weighted by molar-refractivity contribution is 0.505. The van der Waals surface area contributed by atoms with E-state index in [1.54, 1.807) is 12.4 Å². The molecule has 1 aliphatic rings. The fourth-order valence-corrected chi connectivity index (χ4v) is 3.75. The molecule has 0 unspecified atom stereocenters. The van der Waals surface area contributed by atoms with E-state index in [1.807, 2.05) is 24.4 Å². The number of nitrogens with zero attached hydrogens (tertiary/aromatic N) is 5. The highest BCUT2D eigenvalue weighted by Crippen LogP contribution is 2.33. The molecule has 0 amide bonds. The van der Waals surface area contributed by atoms with Gasteiger partial charge in [-0.1, -0.05) is 0 Å². The lowest BCUT2D eigenvalue weighted by Gasteiger charge is -2.32. The van der Waals surface area contributed by atoms with E-state index in [4.69, 9.17) is 0 Å². The third-order valence-corrected chi connectivity index (χ3v) is 5.06. The molecule has 1 N–H and O–H groups in total. The van der Waals surface area contributed by atoms with Crippen molar-refractivity contribution < 1.29 is 0 Å². The Morgan fingerprint density at radius 2 is 1.84 bits per heavy atom. The van der Waals surface area contributed by atoms with Crippen molar-refractivity contribution in [3.8, 4) is 0 Å². The van der Waals surface area contributed by atoms with Crippen LogP contribution in [-0.2, 0) is 0 Å². The highest BCUT2D eigenvalue weighted by Gasteiger charge is 2.23. The number of nitrogens with one attached hydrogen (secondary N) is 1. The molecule has 0 atom stereocenters. The van der Waals surface area contributed by atoms with Crippen LogP contribution in [-0.4, -0.2) is 38.0 Å². The van der Waals surface area contributed by atoms with Gasteiger partial charge in [-0.25, -0.2) is 15.0 Å². The number of pyridine rings is 2. The maximum absolute atomic E-state index is 4.67. The molecule has 1 saturated heterocycles. The van der Waals surface area contributed by atoms with Crippen molar-refractivity contribution in [2.24, 2.45) is 0 Å². The Labute approximate surface area is 145 Å². The van der Waals surface area contributed by atoms with Gasteiger partial charge < -0.3 is 9.88 Å². The Kier molecular flexibility index (Phi) is 3.33. The smallest absolute Gasteiger partial charge is 0.180 e. The van der Waals surface area contributed by atoms with E-state index in [2.05, 4.69) is 42.1 Å². The number of fused-ring (bicyclic) bond motifs is 2. The number of rotatable bonds is 2. The van der Waals surface area contributed by atoms with E-state index in [9.17, 15) is 0 Å². The zero-order chi connectivity index (χ0) is 16.6. The first-order valence-corrected chi connectivity index (χ1v) is 8.63. The molecule has 1 aliphatic heterocycles. The first kappa shape index (κ1) is 14.3. The molecule has 5 heterocycles. The zero-order valence-corrected chi connectivity index (χ0v) is 13.8. The topological polar surface area (TPSA) is 70.6 Å². The van der Waals surface area contributed by atoms with Gasteiger partial charge in [0, 0.05) is 43.3 Å². The van der Waals surface area contributed by atoms with Gasteiger partial charge in [-0.2, -0.15) is 0 Å². The Morgan fingerprint density at radius 1 is 0.960 bits per heavy atom. The van der Waals surface area contributed by atoms with Crippen molar-refractivity contribution >= 4 is 28.0 Å². The number of anilines is 1. The second-order valence-corrected chi connectivity index (χ2v) is 6.47. The van der Waals surface area contributed by atoms with Crippen molar-refractivity contribution in [3.05, 3.63) is 54.6 Å². The van der Waals surface area contributed by atoms with Crippen molar-refractivity contribution in [2.75, 3.05) is 18.0 Å². The van der Waals surface area contributed by atoms with Gasteiger partial charge in [-0.15, -0.1) is 0 Å². The van der Waals surface area contributed by atoms with Gasteiger partial charge in [-0.05, 0) is 48.6 Å². The number of piperidine rings is 1. The lowest BCUT2D eigenvalue weighted by Crippen LogP contribution is -2.33. The Balaban J connectivity index is 1.36. The lowest BCUT2D eigenvalue weighted by atomic mass is 9.89. The summed E-state index contributed by atoms with van der Waals surface area (Å²) in [6, 6.07) is 8.22. The molecule has 0 aromatic carbocycles. The van der Waals surface area contributed by atoms with E-state index < -0.39 is 0 Å². The minimum atomic E-state index is 0.564. The number of H-pyrrole nitrogens is 1. The number of hydrogen-bond donors (Lipinski definition) is 1. The molecule has 124 valence electrons. The Hall–Kier alpha value is -3.02. The summed E-state index contributed by atoms with van der Waals surface area (Å²) in [5.74, 6) is 1.56. The van der Waals surface area contributed by atoms with Crippen LogP contribution < -0.4 is 4.90 Å². The summed E-state index contributed by atoms with van der Waals surface area (Å²) in [4.78, 5) is 23.3. The van der Waals surface area contributed by atoms with Crippen LogP contribution in [0, 0.1) is 0 Å². The van der Waals surface area contributed by atoms with Crippen LogP contribution >= 0.6 is 0 Å². The molecule has 1 fully saturated rings. The van der Waals surface area contributed by atoms with Crippen LogP contribution in [0.4, 0.5) is 5.82 Å². The predicted molar refractivity (Wildman–Crippen MR) is 97.6 cm³/mol. The third-order valence-electron chi connectivity index (χ3n) is 5.06. The van der Waals surface area contributed by atoms with Crippen LogP contribution in [0.3, 0.4) is 0 Å². The highest BCUT2D eigenvalue weighted by molar-refractivity contribution is 5.80. The summed E-state index contributed by atoms with van der Waals surface area (Å²) >= 11 is 0. The molecular formula is C19H18N6. The second-order valence-electron chi connectivity index (χ2n) is 6.47. The average Bonchev–Trinajstić information content (AvgIpc) is 3.12. The molecule has 4 aromatic heterocycles. The van der Waals surface area contributed by atoms with Gasteiger partial charge >= 0.3 is 0 Å². The van der Waals surface area contributed by atoms with E-state index >= 15 is 0 Å². The standard InChI is InChI=1S/C19H18N6/c1-2-14-15(12-23-18(14)21-7-1)13-5-10-25(11-6-13)17-4-3-16-19(24-17)22-9-8-20-16/h1-4,7-9,12-13H,5-6,10-11H2,(H,21,23). The highest BCUT2D eigenvalue weighted by atomic mass is 15.2. The fraction of sp³-hybridized carbons (Fsp3) is 0.263. The fourth-order valence-electron chi connectivity index (χ4n) is 3.75. The summed E-state index contributed by atoms with van der Waals surface area (Å²) < 4.78 is 0. The predicted octanol–water partition coefficient (Wildman–Crippen LogP) is 3.29.